The van der Waals surface area contributed by atoms with Crippen LogP contribution < -0.4 is 10.6 Å². The van der Waals surface area contributed by atoms with Gasteiger partial charge in [-0.1, -0.05) is 54.2 Å². The Bertz CT molecular complexity index is 834. The molecule has 5 unspecified atom stereocenters. The molecule has 0 saturated carbocycles. The van der Waals surface area contributed by atoms with Crippen LogP contribution in [0.3, 0.4) is 0 Å². The summed E-state index contributed by atoms with van der Waals surface area (Å²) in [5.41, 5.74) is 5.79. The van der Waals surface area contributed by atoms with Gasteiger partial charge in [0.25, 0.3) is 0 Å². The van der Waals surface area contributed by atoms with Gasteiger partial charge in [0.15, 0.2) is 0 Å². The van der Waals surface area contributed by atoms with E-state index in [1.54, 1.807) is 5.57 Å². The topological polar surface area (TPSA) is 24.1 Å². The third-order valence-electron chi connectivity index (χ3n) is 7.01. The van der Waals surface area contributed by atoms with E-state index in [0.717, 1.165) is 6.42 Å². The third-order valence-corrected chi connectivity index (χ3v) is 8.64. The van der Waals surface area contributed by atoms with Gasteiger partial charge >= 0.3 is 0 Å². The third kappa shape index (κ3) is 3.82. The predicted molar refractivity (Wildman–Crippen MR) is 126 cm³/mol. The van der Waals surface area contributed by atoms with Crippen LogP contribution in [0, 0.1) is 11.8 Å². The summed E-state index contributed by atoms with van der Waals surface area (Å²) in [7, 11) is 2.06. The van der Waals surface area contributed by atoms with Crippen molar-refractivity contribution in [1.82, 2.24) is 10.6 Å². The van der Waals surface area contributed by atoms with Gasteiger partial charge in [-0.15, -0.1) is 11.8 Å². The minimum absolute atomic E-state index is 0.352. The van der Waals surface area contributed by atoms with Crippen molar-refractivity contribution < 1.29 is 0 Å². The summed E-state index contributed by atoms with van der Waals surface area (Å²) < 4.78 is 0. The van der Waals surface area contributed by atoms with Gasteiger partial charge in [0.1, 0.15) is 0 Å². The summed E-state index contributed by atoms with van der Waals surface area (Å²) in [5, 5.41) is 8.67. The van der Waals surface area contributed by atoms with Gasteiger partial charge in [-0.3, -0.25) is 0 Å². The van der Waals surface area contributed by atoms with Crippen molar-refractivity contribution in [2.45, 2.75) is 55.1 Å². The number of hydrogen-bond acceptors (Lipinski definition) is 3. The molecular weight excluding hydrogens is 372 g/mol. The number of thioether (sulfide) groups is 1. The summed E-state index contributed by atoms with van der Waals surface area (Å²) in [6, 6.07) is 0.352. The van der Waals surface area contributed by atoms with Gasteiger partial charge in [0.05, 0.1) is 6.04 Å². The Kier molecular flexibility index (Phi) is 5.59. The molecule has 3 heteroatoms. The average molecular weight is 405 g/mol. The Labute approximate surface area is 179 Å². The fraction of sp³-hybridized carbons (Fsp3) is 0.462. The molecule has 0 aromatic carbocycles. The summed E-state index contributed by atoms with van der Waals surface area (Å²) in [6.07, 6.45) is 30.9. The van der Waals surface area contributed by atoms with Crippen LogP contribution >= 0.6 is 11.8 Å². The van der Waals surface area contributed by atoms with Crippen molar-refractivity contribution in [3.8, 4) is 0 Å². The molecule has 1 saturated heterocycles. The lowest BCUT2D eigenvalue weighted by molar-refractivity contribution is 0.516. The lowest BCUT2D eigenvalue weighted by Gasteiger charge is -2.35. The Hall–Kier alpha value is -1.87. The Balaban J connectivity index is 1.39. The van der Waals surface area contributed by atoms with Crippen LogP contribution in [0.1, 0.15) is 38.5 Å². The standard InChI is InChI=1S/C26H32N2S/c1-27-23-16-15-22(21-13-7-6-12-20(21)18-9-3-2-4-10-18)28-26(23)25-17-19-11-5-8-14-24(19)29-25/h5-9,11,13-16,19-20,24-28H,2-4,10,12,17H2,1H3. The number of likely N-dealkylation sites (N-methyl/N-ethyl adjacent to an activating group) is 1. The molecule has 2 N–H and O–H groups in total. The van der Waals surface area contributed by atoms with Gasteiger partial charge in [-0.25, -0.2) is 0 Å². The molecule has 2 heterocycles. The van der Waals surface area contributed by atoms with Crippen molar-refractivity contribution in [2.24, 2.45) is 11.8 Å². The van der Waals surface area contributed by atoms with Gasteiger partial charge in [-0.2, -0.15) is 0 Å². The molecule has 152 valence electrons. The van der Waals surface area contributed by atoms with E-state index < -0.39 is 0 Å². The molecular formula is C26H32N2S. The molecule has 5 aliphatic rings. The van der Waals surface area contributed by atoms with Crippen molar-refractivity contribution in [3.63, 3.8) is 0 Å². The van der Waals surface area contributed by atoms with Crippen molar-refractivity contribution in [3.05, 3.63) is 83.3 Å². The van der Waals surface area contributed by atoms with E-state index in [1.165, 1.54) is 49.1 Å². The molecule has 5 atom stereocenters. The number of fused-ring (bicyclic) bond motifs is 1. The Morgan fingerprint density at radius 3 is 2.83 bits per heavy atom. The molecule has 2 nitrogen and oxygen atoms in total. The lowest BCUT2D eigenvalue weighted by Crippen LogP contribution is -2.44. The molecule has 1 fully saturated rings. The number of dihydropyridines is 1. The predicted octanol–water partition coefficient (Wildman–Crippen LogP) is 5.56. The SMILES string of the molecule is CNC1=CC=C(C2=CC=CCC2C2=CCCCC2)NC1C1CC2C=CC=CC2S1. The molecule has 5 rings (SSSR count). The lowest BCUT2D eigenvalue weighted by atomic mass is 9.78. The first kappa shape index (κ1) is 19.1. The number of allylic oxidation sites excluding steroid dienone is 11. The second-order valence-electron chi connectivity index (χ2n) is 8.75. The smallest absolute Gasteiger partial charge is 0.0778 e. The maximum absolute atomic E-state index is 3.98. The van der Waals surface area contributed by atoms with E-state index in [0.29, 0.717) is 28.4 Å². The van der Waals surface area contributed by atoms with Crippen molar-refractivity contribution in [2.75, 3.05) is 7.05 Å². The molecule has 3 aliphatic carbocycles. The van der Waals surface area contributed by atoms with E-state index in [9.17, 15) is 0 Å². The average Bonchev–Trinajstić information content (AvgIpc) is 3.23. The van der Waals surface area contributed by atoms with Crippen molar-refractivity contribution in [1.29, 1.82) is 0 Å². The van der Waals surface area contributed by atoms with E-state index in [4.69, 9.17) is 0 Å². The maximum Gasteiger partial charge on any atom is 0.0778 e. The fourth-order valence-electron chi connectivity index (χ4n) is 5.45. The highest BCUT2D eigenvalue weighted by Crippen LogP contribution is 2.45. The van der Waals surface area contributed by atoms with E-state index in [2.05, 4.69) is 90.2 Å². The number of hydrogen-bond donors (Lipinski definition) is 2. The van der Waals surface area contributed by atoms with Crippen LogP contribution in [-0.2, 0) is 0 Å². The molecule has 0 bridgehead atoms. The highest BCUT2D eigenvalue weighted by Gasteiger charge is 2.39. The minimum Gasteiger partial charge on any atom is -0.390 e. The molecule has 29 heavy (non-hydrogen) atoms. The molecule has 0 aromatic heterocycles. The van der Waals surface area contributed by atoms with Crippen LogP contribution in [0.25, 0.3) is 0 Å². The van der Waals surface area contributed by atoms with E-state index in [1.807, 2.05) is 0 Å². The quantitative estimate of drug-likeness (QED) is 0.600. The van der Waals surface area contributed by atoms with Crippen LogP contribution in [-0.4, -0.2) is 23.6 Å². The zero-order valence-electron chi connectivity index (χ0n) is 17.3. The van der Waals surface area contributed by atoms with E-state index in [-0.39, 0.29) is 0 Å². The first-order valence-electron chi connectivity index (χ1n) is 11.3. The van der Waals surface area contributed by atoms with Crippen LogP contribution in [0.4, 0.5) is 0 Å². The second-order valence-corrected chi connectivity index (χ2v) is 10.2. The summed E-state index contributed by atoms with van der Waals surface area (Å²) in [5.74, 6) is 1.23. The van der Waals surface area contributed by atoms with Gasteiger partial charge < -0.3 is 10.6 Å². The van der Waals surface area contributed by atoms with Crippen LogP contribution in [0.2, 0.25) is 0 Å². The first-order valence-corrected chi connectivity index (χ1v) is 12.2. The molecule has 0 radical (unpaired) electrons. The Morgan fingerprint density at radius 1 is 1.07 bits per heavy atom. The Morgan fingerprint density at radius 2 is 2.00 bits per heavy atom. The fourth-order valence-corrected chi connectivity index (χ4v) is 7.15. The molecule has 2 aliphatic heterocycles. The van der Waals surface area contributed by atoms with Crippen LogP contribution in [0.15, 0.2) is 83.3 Å². The molecule has 0 amide bonds. The summed E-state index contributed by atoms with van der Waals surface area (Å²) in [6.45, 7) is 0. The highest BCUT2D eigenvalue weighted by molar-refractivity contribution is 8.01. The first-order chi connectivity index (χ1) is 14.3. The van der Waals surface area contributed by atoms with Crippen molar-refractivity contribution >= 4 is 11.8 Å². The highest BCUT2D eigenvalue weighted by atomic mass is 32.2. The van der Waals surface area contributed by atoms with Crippen LogP contribution in [0.5, 0.6) is 0 Å². The van der Waals surface area contributed by atoms with Gasteiger partial charge in [-0.05, 0) is 62.2 Å². The van der Waals surface area contributed by atoms with E-state index >= 15 is 0 Å². The molecule has 0 spiro atoms. The molecule has 0 aromatic rings. The largest absolute Gasteiger partial charge is 0.390 e. The maximum atomic E-state index is 3.98. The summed E-state index contributed by atoms with van der Waals surface area (Å²) >= 11 is 2.14. The number of nitrogens with one attached hydrogen (secondary N) is 2. The van der Waals surface area contributed by atoms with Gasteiger partial charge in [0.2, 0.25) is 0 Å². The number of rotatable bonds is 4. The second kappa shape index (κ2) is 8.47. The normalized spacial score (nSPS) is 35.8. The van der Waals surface area contributed by atoms with Gasteiger partial charge in [0, 0.05) is 34.9 Å². The monoisotopic (exact) mass is 404 g/mol. The zero-order valence-corrected chi connectivity index (χ0v) is 18.1. The zero-order chi connectivity index (χ0) is 19.6. The summed E-state index contributed by atoms with van der Waals surface area (Å²) in [4.78, 5) is 0. The minimum atomic E-state index is 0.352.